The van der Waals surface area contributed by atoms with Crippen LogP contribution in [-0.4, -0.2) is 62.0 Å². The minimum absolute atomic E-state index is 0.0185. The first-order chi connectivity index (χ1) is 14.5. The summed E-state index contributed by atoms with van der Waals surface area (Å²) < 4.78 is 5.10. The number of nitrogens with one attached hydrogen (secondary N) is 2. The molecule has 1 saturated heterocycles. The van der Waals surface area contributed by atoms with Crippen molar-refractivity contribution in [1.29, 1.82) is 0 Å². The Kier molecular flexibility index (Phi) is 7.90. The lowest BCUT2D eigenvalue weighted by atomic mass is 10.0. The zero-order chi connectivity index (χ0) is 21.3. The van der Waals surface area contributed by atoms with Crippen molar-refractivity contribution < 1.29 is 14.0 Å². The van der Waals surface area contributed by atoms with Gasteiger partial charge in [-0.3, -0.25) is 14.5 Å². The van der Waals surface area contributed by atoms with Gasteiger partial charge in [-0.15, -0.1) is 0 Å². The van der Waals surface area contributed by atoms with Gasteiger partial charge in [-0.05, 0) is 43.1 Å². The Bertz CT molecular complexity index is 784. The molecule has 0 bridgehead atoms. The SMILES string of the molecule is CC(C)C(NC(=O)c1ccco1)C(=O)NCCCN1CCN(c2ccccc2)CC1. The third-order valence-electron chi connectivity index (χ3n) is 5.42. The summed E-state index contributed by atoms with van der Waals surface area (Å²) in [5, 5.41) is 5.74. The summed E-state index contributed by atoms with van der Waals surface area (Å²) in [7, 11) is 0. The average Bonchev–Trinajstić information content (AvgIpc) is 3.31. The fourth-order valence-corrected chi connectivity index (χ4v) is 3.65. The van der Waals surface area contributed by atoms with Gasteiger partial charge in [0.25, 0.3) is 5.91 Å². The number of piperazine rings is 1. The number of hydrogen-bond acceptors (Lipinski definition) is 5. The van der Waals surface area contributed by atoms with E-state index in [2.05, 4.69) is 44.7 Å². The number of carbonyl (C=O) groups is 2. The molecule has 2 amide bonds. The molecule has 1 atom stereocenters. The molecule has 1 aliphatic rings. The molecule has 2 N–H and O–H groups in total. The first kappa shape index (κ1) is 21.9. The van der Waals surface area contributed by atoms with Gasteiger partial charge in [0.15, 0.2) is 5.76 Å². The Hall–Kier alpha value is -2.80. The molecule has 1 fully saturated rings. The maximum absolute atomic E-state index is 12.6. The van der Waals surface area contributed by atoms with E-state index in [1.807, 2.05) is 19.9 Å². The Morgan fingerprint density at radius 2 is 1.77 bits per heavy atom. The topological polar surface area (TPSA) is 77.8 Å². The van der Waals surface area contributed by atoms with Crippen LogP contribution >= 0.6 is 0 Å². The van der Waals surface area contributed by atoms with Crippen molar-refractivity contribution in [2.24, 2.45) is 5.92 Å². The predicted molar refractivity (Wildman–Crippen MR) is 118 cm³/mol. The zero-order valence-electron chi connectivity index (χ0n) is 17.8. The predicted octanol–water partition coefficient (Wildman–Crippen LogP) is 2.36. The standard InChI is InChI=1S/C23H32N4O3/c1-18(2)21(25-22(28)20-10-6-17-30-20)23(29)24-11-7-12-26-13-15-27(16-14-26)19-8-4-3-5-9-19/h3-6,8-10,17-18,21H,7,11-16H2,1-2H3,(H,24,29)(H,25,28). The second kappa shape index (κ2) is 10.8. The summed E-state index contributed by atoms with van der Waals surface area (Å²) in [4.78, 5) is 29.6. The lowest BCUT2D eigenvalue weighted by Crippen LogP contribution is -2.50. The lowest BCUT2D eigenvalue weighted by Gasteiger charge is -2.36. The van der Waals surface area contributed by atoms with Gasteiger partial charge in [-0.25, -0.2) is 0 Å². The fraction of sp³-hybridized carbons (Fsp3) is 0.478. The van der Waals surface area contributed by atoms with E-state index in [-0.39, 0.29) is 23.5 Å². The first-order valence-corrected chi connectivity index (χ1v) is 10.7. The van der Waals surface area contributed by atoms with Crippen molar-refractivity contribution in [3.05, 3.63) is 54.5 Å². The molecule has 1 unspecified atom stereocenters. The molecule has 2 aromatic rings. The van der Waals surface area contributed by atoms with E-state index in [0.29, 0.717) is 6.54 Å². The van der Waals surface area contributed by atoms with Crippen molar-refractivity contribution >= 4 is 17.5 Å². The molecule has 1 aromatic carbocycles. The maximum Gasteiger partial charge on any atom is 0.287 e. The molecule has 1 aliphatic heterocycles. The van der Waals surface area contributed by atoms with Crippen LogP contribution in [0.15, 0.2) is 53.1 Å². The van der Waals surface area contributed by atoms with Crippen LogP contribution in [0.3, 0.4) is 0 Å². The number of rotatable bonds is 9. The molecule has 0 saturated carbocycles. The van der Waals surface area contributed by atoms with E-state index < -0.39 is 6.04 Å². The number of carbonyl (C=O) groups excluding carboxylic acids is 2. The normalized spacial score (nSPS) is 15.8. The molecule has 0 spiro atoms. The molecule has 7 nitrogen and oxygen atoms in total. The number of hydrogen-bond donors (Lipinski definition) is 2. The number of benzene rings is 1. The molecule has 7 heteroatoms. The van der Waals surface area contributed by atoms with Crippen LogP contribution in [0.2, 0.25) is 0 Å². The molecule has 30 heavy (non-hydrogen) atoms. The van der Waals surface area contributed by atoms with Crippen molar-refractivity contribution in [2.75, 3.05) is 44.2 Å². The monoisotopic (exact) mass is 412 g/mol. The van der Waals surface area contributed by atoms with E-state index in [9.17, 15) is 9.59 Å². The summed E-state index contributed by atoms with van der Waals surface area (Å²) >= 11 is 0. The molecular formula is C23H32N4O3. The van der Waals surface area contributed by atoms with Crippen LogP contribution in [0.5, 0.6) is 0 Å². The number of amides is 2. The van der Waals surface area contributed by atoms with E-state index in [4.69, 9.17) is 4.42 Å². The Balaban J connectivity index is 1.36. The Morgan fingerprint density at radius 1 is 1.03 bits per heavy atom. The second-order valence-corrected chi connectivity index (χ2v) is 7.98. The maximum atomic E-state index is 12.6. The van der Waals surface area contributed by atoms with Gasteiger partial charge in [0.2, 0.25) is 5.91 Å². The van der Waals surface area contributed by atoms with Gasteiger partial charge in [-0.2, -0.15) is 0 Å². The number of anilines is 1. The smallest absolute Gasteiger partial charge is 0.287 e. The van der Waals surface area contributed by atoms with Crippen LogP contribution in [0, 0.1) is 5.92 Å². The highest BCUT2D eigenvalue weighted by Gasteiger charge is 2.25. The van der Waals surface area contributed by atoms with E-state index in [1.54, 1.807) is 12.1 Å². The fourth-order valence-electron chi connectivity index (χ4n) is 3.65. The van der Waals surface area contributed by atoms with Crippen LogP contribution in [0.4, 0.5) is 5.69 Å². The summed E-state index contributed by atoms with van der Waals surface area (Å²) in [5.41, 5.74) is 1.28. The van der Waals surface area contributed by atoms with E-state index in [0.717, 1.165) is 39.1 Å². The van der Waals surface area contributed by atoms with Gasteiger partial charge in [0.05, 0.1) is 6.26 Å². The lowest BCUT2D eigenvalue weighted by molar-refractivity contribution is -0.123. The molecule has 2 heterocycles. The number of furan rings is 1. The first-order valence-electron chi connectivity index (χ1n) is 10.7. The second-order valence-electron chi connectivity index (χ2n) is 7.98. The zero-order valence-corrected chi connectivity index (χ0v) is 17.8. The summed E-state index contributed by atoms with van der Waals surface area (Å²) in [6.45, 7) is 9.46. The van der Waals surface area contributed by atoms with Gasteiger partial charge < -0.3 is 20.0 Å². The minimum atomic E-state index is -0.586. The third kappa shape index (κ3) is 6.10. The molecule has 0 radical (unpaired) electrons. The number of nitrogens with zero attached hydrogens (tertiary/aromatic N) is 2. The summed E-state index contributed by atoms with van der Waals surface area (Å²) in [5.74, 6) is -0.331. The largest absolute Gasteiger partial charge is 0.459 e. The summed E-state index contributed by atoms with van der Waals surface area (Å²) in [6.07, 6.45) is 2.33. The van der Waals surface area contributed by atoms with Crippen molar-refractivity contribution in [3.63, 3.8) is 0 Å². The van der Waals surface area contributed by atoms with Gasteiger partial charge >= 0.3 is 0 Å². The van der Waals surface area contributed by atoms with Crippen molar-refractivity contribution in [1.82, 2.24) is 15.5 Å². The van der Waals surface area contributed by atoms with Gasteiger partial charge in [0, 0.05) is 38.4 Å². The average molecular weight is 413 g/mol. The van der Waals surface area contributed by atoms with Gasteiger partial charge in [-0.1, -0.05) is 32.0 Å². The molecule has 0 aliphatic carbocycles. The van der Waals surface area contributed by atoms with Crippen LogP contribution < -0.4 is 15.5 Å². The van der Waals surface area contributed by atoms with Crippen LogP contribution in [-0.2, 0) is 4.79 Å². The third-order valence-corrected chi connectivity index (χ3v) is 5.42. The highest BCUT2D eigenvalue weighted by molar-refractivity contribution is 5.95. The van der Waals surface area contributed by atoms with E-state index >= 15 is 0 Å². The molecule has 1 aromatic heterocycles. The Morgan fingerprint density at radius 3 is 2.40 bits per heavy atom. The van der Waals surface area contributed by atoms with Crippen molar-refractivity contribution in [2.45, 2.75) is 26.3 Å². The minimum Gasteiger partial charge on any atom is -0.459 e. The van der Waals surface area contributed by atoms with Crippen LogP contribution in [0.25, 0.3) is 0 Å². The van der Waals surface area contributed by atoms with Crippen molar-refractivity contribution in [3.8, 4) is 0 Å². The Labute approximate surface area is 178 Å². The summed E-state index contributed by atoms with van der Waals surface area (Å²) in [6, 6.07) is 13.2. The quantitative estimate of drug-likeness (QED) is 0.619. The van der Waals surface area contributed by atoms with Crippen LogP contribution in [0.1, 0.15) is 30.8 Å². The highest BCUT2D eigenvalue weighted by atomic mass is 16.3. The molecule has 162 valence electrons. The molecule has 3 rings (SSSR count). The highest BCUT2D eigenvalue weighted by Crippen LogP contribution is 2.15. The van der Waals surface area contributed by atoms with Gasteiger partial charge in [0.1, 0.15) is 6.04 Å². The van der Waals surface area contributed by atoms with E-state index in [1.165, 1.54) is 12.0 Å². The number of para-hydroxylation sites is 1. The molecular weight excluding hydrogens is 380 g/mol.